The van der Waals surface area contributed by atoms with E-state index in [0.717, 1.165) is 11.6 Å². The number of phenolic OH excluding ortho intramolecular Hbond substituents is 3. The van der Waals surface area contributed by atoms with Crippen molar-refractivity contribution in [1.29, 1.82) is 0 Å². The maximum absolute atomic E-state index is 12.2. The molecule has 11 nitrogen and oxygen atoms in total. The van der Waals surface area contributed by atoms with Crippen molar-refractivity contribution in [2.24, 2.45) is 0 Å². The van der Waals surface area contributed by atoms with Crippen LogP contribution in [0.2, 0.25) is 0 Å². The number of hydrogen-bond donors (Lipinski definition) is 6. The number of aliphatic hydroxyl groups excluding tert-OH is 3. The maximum atomic E-state index is 12.2. The van der Waals surface area contributed by atoms with Crippen LogP contribution in [0.3, 0.4) is 0 Å². The van der Waals surface area contributed by atoms with E-state index < -0.39 is 43.3 Å². The first-order valence-electron chi connectivity index (χ1n) is 12.5. The molecule has 1 aliphatic heterocycles. The van der Waals surface area contributed by atoms with Crippen LogP contribution >= 0.6 is 0 Å². The first kappa shape index (κ1) is 29.4. The van der Waals surface area contributed by atoms with Crippen LogP contribution in [0, 0.1) is 0 Å². The van der Waals surface area contributed by atoms with Crippen molar-refractivity contribution < 1.29 is 54.4 Å². The number of benzene rings is 3. The van der Waals surface area contributed by atoms with Gasteiger partial charge in [-0.05, 0) is 59.2 Å². The van der Waals surface area contributed by atoms with E-state index in [1.807, 2.05) is 0 Å². The van der Waals surface area contributed by atoms with Gasteiger partial charge in [0.05, 0.1) is 7.11 Å². The molecule has 0 radical (unpaired) electrons. The second-order valence-corrected chi connectivity index (χ2v) is 9.21. The van der Waals surface area contributed by atoms with Gasteiger partial charge in [0.15, 0.2) is 11.5 Å². The lowest BCUT2D eigenvalue weighted by atomic mass is 9.99. The zero-order chi connectivity index (χ0) is 29.5. The first-order valence-corrected chi connectivity index (χ1v) is 12.5. The number of hydrogen-bond acceptors (Lipinski definition) is 11. The molecule has 3 aromatic carbocycles. The topological polar surface area (TPSA) is 175 Å². The van der Waals surface area contributed by atoms with Crippen molar-refractivity contribution in [1.82, 2.24) is 0 Å². The molecule has 216 valence electrons. The van der Waals surface area contributed by atoms with E-state index in [1.165, 1.54) is 43.5 Å². The minimum Gasteiger partial charge on any atom is -0.508 e. The summed E-state index contributed by atoms with van der Waals surface area (Å²) in [6, 6.07) is 15.3. The van der Waals surface area contributed by atoms with Gasteiger partial charge in [-0.3, -0.25) is 0 Å². The van der Waals surface area contributed by atoms with E-state index in [4.69, 9.17) is 18.9 Å². The Balaban J connectivity index is 1.34. The lowest BCUT2D eigenvalue weighted by Gasteiger charge is -2.39. The fourth-order valence-corrected chi connectivity index (χ4v) is 4.02. The molecule has 0 aliphatic carbocycles. The molecule has 3 aromatic rings. The van der Waals surface area contributed by atoms with Crippen LogP contribution in [0.15, 0.2) is 66.7 Å². The highest BCUT2D eigenvalue weighted by atomic mass is 16.7. The molecule has 11 heteroatoms. The molecule has 1 heterocycles. The standard InChI is InChI=1S/C30H30O11/c1-38-24-14-18(6-10-23(24)33)7-11-26(34)39-16-25-27(35)28(36)29(37)30(41-25)40-22-8-4-17(5-9-22)2-3-19-12-20(31)15-21(32)13-19/h2-15,25,27-33,35-37H,16H2,1H3/b3-2+,11-7+/t25-,27-,28+,29-,30-/m1/s1. The summed E-state index contributed by atoms with van der Waals surface area (Å²) in [5.41, 5.74) is 1.93. The van der Waals surface area contributed by atoms with Crippen molar-refractivity contribution in [2.75, 3.05) is 13.7 Å². The summed E-state index contributed by atoms with van der Waals surface area (Å²) in [4.78, 5) is 12.2. The number of rotatable bonds is 9. The van der Waals surface area contributed by atoms with Crippen molar-refractivity contribution in [2.45, 2.75) is 30.7 Å². The minimum atomic E-state index is -1.63. The quantitative estimate of drug-likeness (QED) is 0.127. The normalized spacial score (nSPS) is 22.6. The molecule has 0 aromatic heterocycles. The van der Waals surface area contributed by atoms with Crippen LogP contribution in [-0.2, 0) is 14.3 Å². The highest BCUT2D eigenvalue weighted by Gasteiger charge is 2.45. The molecule has 0 saturated carbocycles. The molecule has 4 rings (SSSR count). The molecule has 0 bridgehead atoms. The summed E-state index contributed by atoms with van der Waals surface area (Å²) in [6.07, 6.45) is -1.28. The van der Waals surface area contributed by atoms with Crippen LogP contribution in [-0.4, -0.2) is 81.0 Å². The number of aromatic hydroxyl groups is 3. The predicted octanol–water partition coefficient (Wildman–Crippen LogP) is 2.43. The Morgan fingerprint density at radius 1 is 0.805 bits per heavy atom. The van der Waals surface area contributed by atoms with Crippen molar-refractivity contribution in [3.63, 3.8) is 0 Å². The Bertz CT molecular complexity index is 1380. The third-order valence-corrected chi connectivity index (χ3v) is 6.20. The minimum absolute atomic E-state index is 0.0483. The van der Waals surface area contributed by atoms with Gasteiger partial charge in [0.2, 0.25) is 6.29 Å². The Morgan fingerprint density at radius 2 is 1.46 bits per heavy atom. The monoisotopic (exact) mass is 566 g/mol. The molecule has 1 fully saturated rings. The Morgan fingerprint density at radius 3 is 2.15 bits per heavy atom. The molecule has 0 unspecified atom stereocenters. The Kier molecular flexibility index (Phi) is 9.48. The van der Waals surface area contributed by atoms with Gasteiger partial charge in [0.25, 0.3) is 0 Å². The van der Waals surface area contributed by atoms with Gasteiger partial charge in [0.1, 0.15) is 48.3 Å². The smallest absolute Gasteiger partial charge is 0.330 e. The number of esters is 1. The van der Waals surface area contributed by atoms with E-state index in [2.05, 4.69) is 0 Å². The highest BCUT2D eigenvalue weighted by molar-refractivity contribution is 5.87. The average Bonchev–Trinajstić information content (AvgIpc) is 2.95. The molecular weight excluding hydrogens is 536 g/mol. The number of phenols is 3. The number of carbonyl (C=O) groups is 1. The van der Waals surface area contributed by atoms with Gasteiger partial charge in [-0.2, -0.15) is 0 Å². The Labute approximate surface area is 235 Å². The molecule has 0 spiro atoms. The second-order valence-electron chi connectivity index (χ2n) is 9.21. The second kappa shape index (κ2) is 13.2. The van der Waals surface area contributed by atoms with Gasteiger partial charge in [-0.1, -0.05) is 30.4 Å². The van der Waals surface area contributed by atoms with Crippen LogP contribution in [0.1, 0.15) is 16.7 Å². The zero-order valence-electron chi connectivity index (χ0n) is 21.9. The van der Waals surface area contributed by atoms with E-state index in [0.29, 0.717) is 16.9 Å². The summed E-state index contributed by atoms with van der Waals surface area (Å²) < 4.78 is 21.5. The van der Waals surface area contributed by atoms with Gasteiger partial charge in [-0.25, -0.2) is 4.79 Å². The van der Waals surface area contributed by atoms with Gasteiger partial charge < -0.3 is 49.6 Å². The molecule has 1 aliphatic rings. The summed E-state index contributed by atoms with van der Waals surface area (Å²) >= 11 is 0. The van der Waals surface area contributed by atoms with E-state index in [9.17, 15) is 35.4 Å². The fourth-order valence-electron chi connectivity index (χ4n) is 4.02. The van der Waals surface area contributed by atoms with Crippen molar-refractivity contribution >= 4 is 24.2 Å². The van der Waals surface area contributed by atoms with Crippen LogP contribution in [0.5, 0.6) is 28.7 Å². The maximum Gasteiger partial charge on any atom is 0.330 e. The van der Waals surface area contributed by atoms with Crippen LogP contribution in [0.4, 0.5) is 0 Å². The third-order valence-electron chi connectivity index (χ3n) is 6.20. The van der Waals surface area contributed by atoms with Crippen molar-refractivity contribution in [3.05, 3.63) is 83.4 Å². The molecule has 5 atom stereocenters. The number of carbonyl (C=O) groups excluding carboxylic acids is 1. The van der Waals surface area contributed by atoms with Crippen LogP contribution in [0.25, 0.3) is 18.2 Å². The average molecular weight is 567 g/mol. The number of aliphatic hydroxyl groups is 3. The summed E-state index contributed by atoms with van der Waals surface area (Å²) in [5.74, 6) is -0.396. The van der Waals surface area contributed by atoms with E-state index >= 15 is 0 Å². The molecule has 6 N–H and O–H groups in total. The van der Waals surface area contributed by atoms with E-state index in [1.54, 1.807) is 42.5 Å². The van der Waals surface area contributed by atoms with Crippen LogP contribution < -0.4 is 9.47 Å². The SMILES string of the molecule is COc1cc(/C=C/C(=O)OC[C@H]2O[C@@H](Oc3ccc(/C=C/c4cc(O)cc(O)c4)cc3)[C@H](O)[C@@H](O)[C@@H]2O)ccc1O. The summed E-state index contributed by atoms with van der Waals surface area (Å²) in [5, 5.41) is 59.9. The van der Waals surface area contributed by atoms with Gasteiger partial charge >= 0.3 is 5.97 Å². The Hall–Kier alpha value is -4.55. The molecular formula is C30H30O11. The third kappa shape index (κ3) is 7.77. The predicted molar refractivity (Wildman–Crippen MR) is 147 cm³/mol. The van der Waals surface area contributed by atoms with E-state index in [-0.39, 0.29) is 23.0 Å². The highest BCUT2D eigenvalue weighted by Crippen LogP contribution is 2.28. The van der Waals surface area contributed by atoms with Gasteiger partial charge in [0, 0.05) is 12.1 Å². The van der Waals surface area contributed by atoms with Gasteiger partial charge in [-0.15, -0.1) is 0 Å². The number of ether oxygens (including phenoxy) is 4. The lowest BCUT2D eigenvalue weighted by Crippen LogP contribution is -2.60. The molecule has 0 amide bonds. The lowest BCUT2D eigenvalue weighted by molar-refractivity contribution is -0.278. The summed E-state index contributed by atoms with van der Waals surface area (Å²) in [7, 11) is 1.40. The van der Waals surface area contributed by atoms with Crippen molar-refractivity contribution in [3.8, 4) is 28.7 Å². The first-order chi connectivity index (χ1) is 19.6. The number of methoxy groups -OCH3 is 1. The zero-order valence-corrected chi connectivity index (χ0v) is 21.9. The fraction of sp³-hybridized carbons (Fsp3) is 0.233. The molecule has 41 heavy (non-hydrogen) atoms. The molecule has 1 saturated heterocycles. The largest absolute Gasteiger partial charge is 0.508 e. The summed E-state index contributed by atoms with van der Waals surface area (Å²) in [6.45, 7) is -0.429.